The van der Waals surface area contributed by atoms with Crippen LogP contribution < -0.4 is 0 Å². The maximum atomic E-state index is 11.5. The normalized spacial score (nSPS) is 13.6. The molecule has 0 aromatic rings. The van der Waals surface area contributed by atoms with Gasteiger partial charge in [0.2, 0.25) is 5.91 Å². The third-order valence-corrected chi connectivity index (χ3v) is 3.93. The maximum Gasteiger partial charge on any atom is 0.245 e. The number of rotatable bonds is 6. The Hall–Kier alpha value is -0.613. The first kappa shape index (κ1) is 14.4. The molecule has 0 aliphatic carbocycles. The van der Waals surface area contributed by atoms with Crippen LogP contribution in [-0.2, 0) is 9.22 Å². The van der Waals surface area contributed by atoms with E-state index in [1.165, 1.54) is 6.08 Å². The van der Waals surface area contributed by atoms with Crippen molar-refractivity contribution in [3.63, 3.8) is 0 Å². The fourth-order valence-electron chi connectivity index (χ4n) is 1.53. The molecule has 4 heteroatoms. The molecule has 15 heavy (non-hydrogen) atoms. The van der Waals surface area contributed by atoms with E-state index in [2.05, 4.69) is 27.4 Å². The van der Waals surface area contributed by atoms with E-state index >= 15 is 0 Å². The van der Waals surface area contributed by atoms with Crippen LogP contribution in [0.15, 0.2) is 12.7 Å². The standard InChI is InChI=1S/C11H23NO2Si/c1-6-9(8-11(3,4)14-15)12(5)10(13)7-2/h7,9H,2,6,8H2,1,3-5,15H3. The molecule has 0 heterocycles. The zero-order chi connectivity index (χ0) is 12.1. The summed E-state index contributed by atoms with van der Waals surface area (Å²) in [4.78, 5) is 13.2. The van der Waals surface area contributed by atoms with Crippen molar-refractivity contribution in [2.45, 2.75) is 45.3 Å². The fraction of sp³-hybridized carbons (Fsp3) is 0.727. The predicted octanol–water partition coefficient (Wildman–Crippen LogP) is 0.875. The van der Waals surface area contributed by atoms with E-state index in [4.69, 9.17) is 4.43 Å². The molecular weight excluding hydrogens is 206 g/mol. The lowest BCUT2D eigenvalue weighted by Crippen LogP contribution is -2.41. The molecule has 3 nitrogen and oxygen atoms in total. The Morgan fingerprint density at radius 2 is 2.20 bits per heavy atom. The van der Waals surface area contributed by atoms with Crippen molar-refractivity contribution in [1.29, 1.82) is 0 Å². The smallest absolute Gasteiger partial charge is 0.245 e. The lowest BCUT2D eigenvalue weighted by Gasteiger charge is -2.33. The summed E-state index contributed by atoms with van der Waals surface area (Å²) in [6, 6.07) is 0.222. The second-order valence-corrected chi connectivity index (χ2v) is 4.79. The van der Waals surface area contributed by atoms with Gasteiger partial charge in [-0.05, 0) is 32.8 Å². The maximum absolute atomic E-state index is 11.5. The van der Waals surface area contributed by atoms with Crippen LogP contribution in [0.5, 0.6) is 0 Å². The summed E-state index contributed by atoms with van der Waals surface area (Å²) in [6.45, 7) is 9.71. The van der Waals surface area contributed by atoms with Crippen molar-refractivity contribution in [2.75, 3.05) is 7.05 Å². The molecule has 1 amide bonds. The summed E-state index contributed by atoms with van der Waals surface area (Å²) in [6.07, 6.45) is 3.16. The second-order valence-electron chi connectivity index (χ2n) is 4.38. The SMILES string of the molecule is C=CC(=O)N(C)C(CC)CC(C)(C)O[SiH3]. The first-order valence-electron chi connectivity index (χ1n) is 5.32. The van der Waals surface area contributed by atoms with Gasteiger partial charge in [-0.2, -0.15) is 0 Å². The van der Waals surface area contributed by atoms with Crippen molar-refractivity contribution >= 4 is 16.4 Å². The van der Waals surface area contributed by atoms with Crippen LogP contribution in [0.4, 0.5) is 0 Å². The highest BCUT2D eigenvalue weighted by molar-refractivity contribution is 5.98. The summed E-state index contributed by atoms with van der Waals surface area (Å²) in [5.74, 6) is -0.0222. The minimum Gasteiger partial charge on any atom is -0.423 e. The molecule has 0 radical (unpaired) electrons. The second kappa shape index (κ2) is 6.08. The van der Waals surface area contributed by atoms with Crippen molar-refractivity contribution in [1.82, 2.24) is 4.90 Å². The van der Waals surface area contributed by atoms with Gasteiger partial charge in [-0.25, -0.2) is 0 Å². The Bertz CT molecular complexity index is 229. The third-order valence-electron chi connectivity index (χ3n) is 2.82. The molecule has 0 rings (SSSR count). The summed E-state index contributed by atoms with van der Waals surface area (Å²) < 4.78 is 5.51. The Morgan fingerprint density at radius 3 is 2.53 bits per heavy atom. The minimum atomic E-state index is -0.136. The first-order chi connectivity index (χ1) is 6.87. The number of hydrogen-bond acceptors (Lipinski definition) is 2. The number of hydrogen-bond donors (Lipinski definition) is 0. The number of likely N-dealkylation sites (N-methyl/N-ethyl adjacent to an activating group) is 1. The average Bonchev–Trinajstić information content (AvgIpc) is 2.23. The van der Waals surface area contributed by atoms with Crippen LogP contribution in [0, 0.1) is 0 Å². The van der Waals surface area contributed by atoms with Crippen molar-refractivity contribution in [2.24, 2.45) is 0 Å². The van der Waals surface area contributed by atoms with Gasteiger partial charge < -0.3 is 9.33 Å². The molecule has 0 bridgehead atoms. The van der Waals surface area contributed by atoms with Gasteiger partial charge in [0.05, 0.1) is 5.60 Å². The first-order valence-corrected chi connectivity index (χ1v) is 6.14. The Morgan fingerprint density at radius 1 is 1.67 bits per heavy atom. The van der Waals surface area contributed by atoms with Gasteiger partial charge in [-0.3, -0.25) is 4.79 Å². The molecule has 0 N–H and O–H groups in total. The van der Waals surface area contributed by atoms with E-state index in [0.29, 0.717) is 0 Å². The van der Waals surface area contributed by atoms with Crippen LogP contribution in [0.25, 0.3) is 0 Å². The summed E-state index contributed by atoms with van der Waals surface area (Å²) in [5, 5.41) is 0. The highest BCUT2D eigenvalue weighted by Gasteiger charge is 2.25. The van der Waals surface area contributed by atoms with Gasteiger partial charge in [0.15, 0.2) is 0 Å². The highest BCUT2D eigenvalue weighted by Crippen LogP contribution is 2.20. The van der Waals surface area contributed by atoms with E-state index in [0.717, 1.165) is 23.3 Å². The lowest BCUT2D eigenvalue weighted by atomic mass is 9.96. The monoisotopic (exact) mass is 229 g/mol. The number of carbonyl (C=O) groups excluding carboxylic acids is 1. The zero-order valence-electron chi connectivity index (χ0n) is 10.5. The van der Waals surface area contributed by atoms with E-state index in [1.54, 1.807) is 4.90 Å². The number of amides is 1. The minimum absolute atomic E-state index is 0.0222. The van der Waals surface area contributed by atoms with E-state index in [1.807, 2.05) is 7.05 Å². The molecule has 1 atom stereocenters. The molecule has 0 aromatic carbocycles. The van der Waals surface area contributed by atoms with Crippen LogP contribution in [0.1, 0.15) is 33.6 Å². The molecule has 0 saturated carbocycles. The Balaban J connectivity index is 4.49. The molecular formula is C11H23NO2Si. The van der Waals surface area contributed by atoms with E-state index in [-0.39, 0.29) is 17.6 Å². The molecule has 1 unspecified atom stereocenters. The zero-order valence-corrected chi connectivity index (χ0v) is 12.5. The van der Waals surface area contributed by atoms with Crippen LogP contribution in [0.3, 0.4) is 0 Å². The summed E-state index contributed by atoms with van der Waals surface area (Å²) in [7, 11) is 2.55. The van der Waals surface area contributed by atoms with Gasteiger partial charge in [0.25, 0.3) is 0 Å². The highest BCUT2D eigenvalue weighted by atomic mass is 28.2. The molecule has 0 saturated heterocycles. The quantitative estimate of drug-likeness (QED) is 0.500. The van der Waals surface area contributed by atoms with Gasteiger partial charge in [0, 0.05) is 13.1 Å². The molecule has 0 spiro atoms. The van der Waals surface area contributed by atoms with Gasteiger partial charge in [0.1, 0.15) is 10.5 Å². The summed E-state index contributed by atoms with van der Waals surface area (Å²) in [5.41, 5.74) is -0.136. The van der Waals surface area contributed by atoms with Gasteiger partial charge >= 0.3 is 0 Å². The van der Waals surface area contributed by atoms with Crippen molar-refractivity contribution in [3.8, 4) is 0 Å². The van der Waals surface area contributed by atoms with Gasteiger partial charge in [-0.1, -0.05) is 13.5 Å². The summed E-state index contributed by atoms with van der Waals surface area (Å²) >= 11 is 0. The van der Waals surface area contributed by atoms with E-state index < -0.39 is 0 Å². The number of carbonyl (C=O) groups is 1. The molecule has 0 aliphatic heterocycles. The van der Waals surface area contributed by atoms with E-state index in [9.17, 15) is 4.79 Å². The predicted molar refractivity (Wildman–Crippen MR) is 66.8 cm³/mol. The average molecular weight is 229 g/mol. The Kier molecular flexibility index (Phi) is 5.83. The number of nitrogens with zero attached hydrogens (tertiary/aromatic N) is 1. The largest absolute Gasteiger partial charge is 0.423 e. The molecule has 0 aliphatic rings. The lowest BCUT2D eigenvalue weighted by molar-refractivity contribution is -0.127. The topological polar surface area (TPSA) is 29.5 Å². The molecule has 0 aromatic heterocycles. The van der Waals surface area contributed by atoms with Crippen molar-refractivity contribution < 1.29 is 9.22 Å². The molecule has 88 valence electrons. The van der Waals surface area contributed by atoms with Gasteiger partial charge in [-0.15, -0.1) is 0 Å². The molecule has 0 fully saturated rings. The van der Waals surface area contributed by atoms with Crippen LogP contribution in [-0.4, -0.2) is 40.0 Å². The Labute approximate surface area is 96.0 Å². The van der Waals surface area contributed by atoms with Crippen LogP contribution in [0.2, 0.25) is 0 Å². The third kappa shape index (κ3) is 4.62. The van der Waals surface area contributed by atoms with Crippen LogP contribution >= 0.6 is 0 Å². The van der Waals surface area contributed by atoms with Crippen molar-refractivity contribution in [3.05, 3.63) is 12.7 Å². The fourth-order valence-corrected chi connectivity index (χ4v) is 1.70.